The SMILES string of the molecule is O=C1CCCC2(c3ccccc3)OCCN12. The molecule has 0 radical (unpaired) electrons. The Balaban J connectivity index is 2.05. The standard InChI is InChI=1S/C13H15NO2/c15-12-7-4-8-13(14(12)9-10-16-13)11-5-2-1-3-6-11/h1-3,5-6H,4,7-10H2. The number of rotatable bonds is 1. The minimum absolute atomic E-state index is 0.229. The fraction of sp³-hybridized carbons (Fsp3) is 0.462. The number of carbonyl (C=O) groups excluding carboxylic acids is 1. The van der Waals surface area contributed by atoms with Crippen LogP contribution in [0.2, 0.25) is 0 Å². The summed E-state index contributed by atoms with van der Waals surface area (Å²) in [5.41, 5.74) is 0.650. The summed E-state index contributed by atoms with van der Waals surface area (Å²) in [7, 11) is 0. The minimum Gasteiger partial charge on any atom is -0.349 e. The van der Waals surface area contributed by atoms with E-state index in [0.717, 1.165) is 24.9 Å². The number of benzene rings is 1. The summed E-state index contributed by atoms with van der Waals surface area (Å²) >= 11 is 0. The molecule has 3 heteroatoms. The van der Waals surface area contributed by atoms with Crippen molar-refractivity contribution in [1.29, 1.82) is 0 Å². The van der Waals surface area contributed by atoms with Gasteiger partial charge in [0.1, 0.15) is 0 Å². The highest BCUT2D eigenvalue weighted by molar-refractivity contribution is 5.78. The average molecular weight is 217 g/mol. The van der Waals surface area contributed by atoms with E-state index in [1.54, 1.807) is 0 Å². The predicted molar refractivity (Wildman–Crippen MR) is 59.6 cm³/mol. The molecule has 1 atom stereocenters. The Morgan fingerprint density at radius 2 is 2.06 bits per heavy atom. The van der Waals surface area contributed by atoms with Crippen LogP contribution in [0.25, 0.3) is 0 Å². The van der Waals surface area contributed by atoms with Gasteiger partial charge in [0.15, 0.2) is 5.72 Å². The van der Waals surface area contributed by atoms with E-state index in [-0.39, 0.29) is 5.91 Å². The van der Waals surface area contributed by atoms with Gasteiger partial charge in [-0.15, -0.1) is 0 Å². The molecular formula is C13H15NO2. The number of amides is 1. The Bertz CT molecular complexity index is 404. The molecule has 1 unspecified atom stereocenters. The summed E-state index contributed by atoms with van der Waals surface area (Å²) < 4.78 is 5.91. The zero-order valence-electron chi connectivity index (χ0n) is 9.19. The van der Waals surface area contributed by atoms with Crippen LogP contribution in [0.15, 0.2) is 30.3 Å². The molecule has 0 aliphatic carbocycles. The molecule has 0 N–H and O–H groups in total. The maximum Gasteiger partial charge on any atom is 0.225 e. The van der Waals surface area contributed by atoms with Crippen molar-refractivity contribution in [2.24, 2.45) is 0 Å². The topological polar surface area (TPSA) is 29.5 Å². The van der Waals surface area contributed by atoms with E-state index in [2.05, 4.69) is 12.1 Å². The second kappa shape index (κ2) is 3.59. The highest BCUT2D eigenvalue weighted by Crippen LogP contribution is 2.42. The number of hydrogen-bond acceptors (Lipinski definition) is 2. The van der Waals surface area contributed by atoms with Gasteiger partial charge in [-0.05, 0) is 6.42 Å². The zero-order chi connectivity index (χ0) is 11.0. The molecule has 0 saturated carbocycles. The minimum atomic E-state index is -0.462. The van der Waals surface area contributed by atoms with Crippen LogP contribution >= 0.6 is 0 Å². The molecule has 0 aromatic heterocycles. The summed E-state index contributed by atoms with van der Waals surface area (Å²) in [6, 6.07) is 10.1. The molecule has 3 rings (SSSR count). The van der Waals surface area contributed by atoms with Gasteiger partial charge in [0.25, 0.3) is 0 Å². The second-order valence-electron chi connectivity index (χ2n) is 4.40. The van der Waals surface area contributed by atoms with Crippen molar-refractivity contribution in [3.63, 3.8) is 0 Å². The molecule has 2 saturated heterocycles. The van der Waals surface area contributed by atoms with Crippen LogP contribution in [0.3, 0.4) is 0 Å². The van der Waals surface area contributed by atoms with E-state index in [1.165, 1.54) is 0 Å². The molecule has 0 spiro atoms. The Kier molecular flexibility index (Phi) is 2.21. The van der Waals surface area contributed by atoms with E-state index in [1.807, 2.05) is 23.1 Å². The molecule has 0 bridgehead atoms. The summed E-state index contributed by atoms with van der Waals surface area (Å²) in [6.07, 6.45) is 2.50. The highest BCUT2D eigenvalue weighted by Gasteiger charge is 2.48. The van der Waals surface area contributed by atoms with E-state index in [4.69, 9.17) is 4.74 Å². The summed E-state index contributed by atoms with van der Waals surface area (Å²) in [4.78, 5) is 13.8. The zero-order valence-corrected chi connectivity index (χ0v) is 9.19. The first-order valence-electron chi connectivity index (χ1n) is 5.83. The third-order valence-electron chi connectivity index (χ3n) is 3.52. The lowest BCUT2D eigenvalue weighted by atomic mass is 9.91. The smallest absolute Gasteiger partial charge is 0.225 e. The Labute approximate surface area is 95.0 Å². The molecule has 84 valence electrons. The Hall–Kier alpha value is -1.35. The van der Waals surface area contributed by atoms with Crippen LogP contribution < -0.4 is 0 Å². The van der Waals surface area contributed by atoms with Gasteiger partial charge < -0.3 is 9.64 Å². The van der Waals surface area contributed by atoms with Crippen molar-refractivity contribution >= 4 is 5.91 Å². The Morgan fingerprint density at radius 3 is 2.88 bits per heavy atom. The number of carbonyl (C=O) groups is 1. The fourth-order valence-corrected chi connectivity index (χ4v) is 2.79. The molecule has 2 aliphatic heterocycles. The number of nitrogens with zero attached hydrogens (tertiary/aromatic N) is 1. The van der Waals surface area contributed by atoms with Crippen molar-refractivity contribution in [3.8, 4) is 0 Å². The van der Waals surface area contributed by atoms with E-state index in [0.29, 0.717) is 13.0 Å². The second-order valence-corrected chi connectivity index (χ2v) is 4.40. The van der Waals surface area contributed by atoms with E-state index < -0.39 is 5.72 Å². The van der Waals surface area contributed by atoms with Gasteiger partial charge in [-0.2, -0.15) is 0 Å². The molecular weight excluding hydrogens is 202 g/mol. The number of piperidine rings is 1. The van der Waals surface area contributed by atoms with Crippen LogP contribution in [0.1, 0.15) is 24.8 Å². The molecule has 2 fully saturated rings. The largest absolute Gasteiger partial charge is 0.349 e. The highest BCUT2D eigenvalue weighted by atomic mass is 16.5. The summed E-state index contributed by atoms with van der Waals surface area (Å²) in [5, 5.41) is 0. The first kappa shape index (κ1) is 9.85. The van der Waals surface area contributed by atoms with Gasteiger partial charge in [-0.25, -0.2) is 0 Å². The molecule has 3 nitrogen and oxygen atoms in total. The van der Waals surface area contributed by atoms with E-state index >= 15 is 0 Å². The maximum absolute atomic E-state index is 11.9. The molecule has 1 aromatic rings. The third-order valence-corrected chi connectivity index (χ3v) is 3.52. The lowest BCUT2D eigenvalue weighted by Gasteiger charge is -2.40. The average Bonchev–Trinajstić information content (AvgIpc) is 2.77. The summed E-state index contributed by atoms with van der Waals surface area (Å²) in [6.45, 7) is 1.38. The van der Waals surface area contributed by atoms with Crippen LogP contribution in [0.5, 0.6) is 0 Å². The molecule has 1 aromatic carbocycles. The van der Waals surface area contributed by atoms with Gasteiger partial charge in [0.05, 0.1) is 6.61 Å². The Morgan fingerprint density at radius 1 is 1.25 bits per heavy atom. The lowest BCUT2D eigenvalue weighted by Crippen LogP contribution is -2.48. The summed E-state index contributed by atoms with van der Waals surface area (Å²) in [5.74, 6) is 0.229. The van der Waals surface area contributed by atoms with Gasteiger partial charge in [-0.1, -0.05) is 30.3 Å². The number of ether oxygens (including phenoxy) is 1. The quantitative estimate of drug-likeness (QED) is 0.718. The predicted octanol–water partition coefficient (Wildman–Crippen LogP) is 1.88. The van der Waals surface area contributed by atoms with Crippen molar-refractivity contribution < 1.29 is 9.53 Å². The molecule has 1 amide bonds. The monoisotopic (exact) mass is 217 g/mol. The fourth-order valence-electron chi connectivity index (χ4n) is 2.79. The van der Waals surface area contributed by atoms with Crippen LogP contribution in [0, 0.1) is 0 Å². The maximum atomic E-state index is 11.9. The molecule has 2 heterocycles. The normalized spacial score (nSPS) is 29.2. The van der Waals surface area contributed by atoms with Crippen molar-refractivity contribution in [1.82, 2.24) is 4.90 Å². The number of fused-ring (bicyclic) bond motifs is 1. The van der Waals surface area contributed by atoms with E-state index in [9.17, 15) is 4.79 Å². The van der Waals surface area contributed by atoms with Crippen LogP contribution in [-0.4, -0.2) is 24.0 Å². The third kappa shape index (κ3) is 1.28. The number of hydrogen-bond donors (Lipinski definition) is 0. The molecule has 2 aliphatic rings. The van der Waals surface area contributed by atoms with Crippen LogP contribution in [-0.2, 0) is 15.3 Å². The van der Waals surface area contributed by atoms with Gasteiger partial charge in [-0.3, -0.25) is 4.79 Å². The lowest BCUT2D eigenvalue weighted by molar-refractivity contribution is -0.160. The van der Waals surface area contributed by atoms with Gasteiger partial charge >= 0.3 is 0 Å². The van der Waals surface area contributed by atoms with Crippen molar-refractivity contribution in [2.45, 2.75) is 25.0 Å². The van der Waals surface area contributed by atoms with Crippen LogP contribution in [0.4, 0.5) is 0 Å². The first-order chi connectivity index (χ1) is 7.83. The van der Waals surface area contributed by atoms with Gasteiger partial charge in [0, 0.05) is 24.9 Å². The van der Waals surface area contributed by atoms with Crippen molar-refractivity contribution in [2.75, 3.05) is 13.2 Å². The first-order valence-corrected chi connectivity index (χ1v) is 5.83. The molecule has 16 heavy (non-hydrogen) atoms. The van der Waals surface area contributed by atoms with Crippen molar-refractivity contribution in [3.05, 3.63) is 35.9 Å². The van der Waals surface area contributed by atoms with Gasteiger partial charge in [0.2, 0.25) is 5.91 Å².